The molecule has 1 N–H and O–H groups in total. The molecule has 2 aromatic heterocycles. The third-order valence-electron chi connectivity index (χ3n) is 5.48. The highest BCUT2D eigenvalue weighted by atomic mass is 16.5. The van der Waals surface area contributed by atoms with Crippen molar-refractivity contribution in [2.45, 2.75) is 32.2 Å². The average molecular weight is 380 g/mol. The van der Waals surface area contributed by atoms with Crippen molar-refractivity contribution in [3.8, 4) is 5.75 Å². The first-order chi connectivity index (χ1) is 13.6. The van der Waals surface area contributed by atoms with Gasteiger partial charge in [0.15, 0.2) is 0 Å². The number of aromatic amines is 1. The Bertz CT molecular complexity index is 1070. The predicted octanol–water partition coefficient (Wildman–Crippen LogP) is 2.77. The van der Waals surface area contributed by atoms with Crippen molar-refractivity contribution in [2.75, 3.05) is 20.2 Å². The summed E-state index contributed by atoms with van der Waals surface area (Å²) in [6.07, 6.45) is 7.19. The monoisotopic (exact) mass is 380 g/mol. The second-order valence-corrected chi connectivity index (χ2v) is 7.10. The predicted molar refractivity (Wildman–Crippen MR) is 107 cm³/mol. The van der Waals surface area contributed by atoms with E-state index in [0.29, 0.717) is 29.7 Å². The summed E-state index contributed by atoms with van der Waals surface area (Å²) >= 11 is 0. The Labute approximate surface area is 163 Å². The van der Waals surface area contributed by atoms with Gasteiger partial charge in [-0.15, -0.1) is 0 Å². The normalized spacial score (nSPS) is 17.1. The van der Waals surface area contributed by atoms with Crippen LogP contribution in [0.15, 0.2) is 41.6 Å². The zero-order valence-corrected chi connectivity index (χ0v) is 16.1. The van der Waals surface area contributed by atoms with E-state index in [-0.39, 0.29) is 22.8 Å². The summed E-state index contributed by atoms with van der Waals surface area (Å²) < 4.78 is 7.33. The number of amides is 1. The molecule has 1 aromatic carbocycles. The van der Waals surface area contributed by atoms with Gasteiger partial charge in [0, 0.05) is 55.0 Å². The van der Waals surface area contributed by atoms with Gasteiger partial charge in [0.05, 0.1) is 7.11 Å². The van der Waals surface area contributed by atoms with Gasteiger partial charge in [0.25, 0.3) is 5.91 Å². The van der Waals surface area contributed by atoms with E-state index < -0.39 is 0 Å². The van der Waals surface area contributed by atoms with Crippen molar-refractivity contribution < 1.29 is 9.53 Å². The summed E-state index contributed by atoms with van der Waals surface area (Å²) in [5, 5.41) is 0.459. The van der Waals surface area contributed by atoms with Gasteiger partial charge in [-0.25, -0.2) is 4.98 Å². The van der Waals surface area contributed by atoms with Gasteiger partial charge in [-0.2, -0.15) is 0 Å². The van der Waals surface area contributed by atoms with Crippen LogP contribution in [0.4, 0.5) is 0 Å². The summed E-state index contributed by atoms with van der Waals surface area (Å²) in [6.45, 7) is 4.16. The van der Waals surface area contributed by atoms with E-state index in [0.717, 1.165) is 25.2 Å². The highest BCUT2D eigenvalue weighted by Crippen LogP contribution is 2.27. The van der Waals surface area contributed by atoms with E-state index in [1.807, 2.05) is 6.20 Å². The molecule has 0 saturated carbocycles. The highest BCUT2D eigenvalue weighted by Gasteiger charge is 2.29. The largest absolute Gasteiger partial charge is 0.497 e. The van der Waals surface area contributed by atoms with E-state index in [4.69, 9.17) is 4.74 Å². The number of hydrogen-bond acceptors (Lipinski definition) is 4. The molecule has 0 aliphatic carbocycles. The second kappa shape index (κ2) is 7.50. The molecule has 7 nitrogen and oxygen atoms in total. The zero-order chi connectivity index (χ0) is 19.7. The Hall–Kier alpha value is -3.09. The molecule has 1 fully saturated rings. The maximum absolute atomic E-state index is 13.1. The van der Waals surface area contributed by atoms with Crippen LogP contribution >= 0.6 is 0 Å². The van der Waals surface area contributed by atoms with Crippen LogP contribution in [-0.4, -0.2) is 45.5 Å². The number of piperidine rings is 1. The number of carbonyl (C=O) groups excluding carboxylic acids is 1. The molecule has 0 bridgehead atoms. The molecule has 1 saturated heterocycles. The Morgan fingerprint density at radius 2 is 2.25 bits per heavy atom. The van der Waals surface area contributed by atoms with Crippen LogP contribution in [0.5, 0.6) is 5.75 Å². The number of likely N-dealkylation sites (tertiary alicyclic amines) is 1. The Morgan fingerprint density at radius 1 is 1.39 bits per heavy atom. The Kier molecular flexibility index (Phi) is 4.90. The van der Waals surface area contributed by atoms with E-state index >= 15 is 0 Å². The minimum Gasteiger partial charge on any atom is -0.497 e. The lowest BCUT2D eigenvalue weighted by molar-refractivity contribution is 0.0702. The number of hydrogen-bond donors (Lipinski definition) is 1. The fraction of sp³-hybridized carbons (Fsp3) is 0.381. The number of carbonyl (C=O) groups is 1. The lowest BCUT2D eigenvalue weighted by atomic mass is 9.96. The molecule has 1 aliphatic rings. The van der Waals surface area contributed by atoms with Crippen molar-refractivity contribution in [1.29, 1.82) is 0 Å². The number of nitrogens with zero attached hydrogens (tertiary/aromatic N) is 3. The van der Waals surface area contributed by atoms with Crippen molar-refractivity contribution in [2.24, 2.45) is 0 Å². The molecule has 3 aromatic rings. The minimum atomic E-state index is -0.269. The van der Waals surface area contributed by atoms with Crippen LogP contribution in [0.3, 0.4) is 0 Å². The Balaban J connectivity index is 1.63. The third kappa shape index (κ3) is 3.17. The lowest BCUT2D eigenvalue weighted by Crippen LogP contribution is -2.41. The van der Waals surface area contributed by atoms with Gasteiger partial charge in [0.1, 0.15) is 17.1 Å². The maximum Gasteiger partial charge on any atom is 0.259 e. The molecule has 1 unspecified atom stereocenters. The molecule has 0 radical (unpaired) electrons. The maximum atomic E-state index is 13.1. The fourth-order valence-electron chi connectivity index (χ4n) is 3.97. The zero-order valence-electron chi connectivity index (χ0n) is 16.1. The quantitative estimate of drug-likeness (QED) is 0.755. The molecule has 0 spiro atoms. The first-order valence-electron chi connectivity index (χ1n) is 9.62. The lowest BCUT2D eigenvalue weighted by Gasteiger charge is -2.32. The van der Waals surface area contributed by atoms with Crippen molar-refractivity contribution in [3.63, 3.8) is 0 Å². The number of aromatic nitrogens is 3. The number of rotatable bonds is 4. The summed E-state index contributed by atoms with van der Waals surface area (Å²) in [4.78, 5) is 35.4. The highest BCUT2D eigenvalue weighted by molar-refractivity contribution is 5.97. The number of fused-ring (bicyclic) bond motifs is 1. The van der Waals surface area contributed by atoms with Gasteiger partial charge in [-0.3, -0.25) is 9.59 Å². The molecular weight excluding hydrogens is 356 g/mol. The summed E-state index contributed by atoms with van der Waals surface area (Å²) in [7, 11) is 1.55. The summed E-state index contributed by atoms with van der Waals surface area (Å²) in [5.41, 5.74) is 0.582. The van der Waals surface area contributed by atoms with Gasteiger partial charge in [-0.05, 0) is 38.0 Å². The summed E-state index contributed by atoms with van der Waals surface area (Å²) in [6, 6.07) is 5.23. The number of aryl methyl sites for hydroxylation is 1. The van der Waals surface area contributed by atoms with Crippen molar-refractivity contribution in [1.82, 2.24) is 19.4 Å². The standard InChI is InChI=1S/C21H24N4O3/c1-3-24-10-8-22-20(24)14-5-4-9-25(13-14)21(27)17-12-23-18-7-6-15(28-2)11-16(18)19(17)26/h6-8,10-12,14H,3-5,9,13H2,1-2H3,(H,23,26). The number of ether oxygens (including phenoxy) is 1. The number of benzene rings is 1. The Morgan fingerprint density at radius 3 is 3.04 bits per heavy atom. The number of pyridine rings is 1. The second-order valence-electron chi connectivity index (χ2n) is 7.10. The van der Waals surface area contributed by atoms with Crippen LogP contribution in [0.1, 0.15) is 41.9 Å². The third-order valence-corrected chi connectivity index (χ3v) is 5.48. The molecular formula is C21H24N4O3. The van der Waals surface area contributed by atoms with Gasteiger partial charge in [0.2, 0.25) is 5.43 Å². The van der Waals surface area contributed by atoms with E-state index in [1.165, 1.54) is 6.20 Å². The van der Waals surface area contributed by atoms with E-state index in [2.05, 4.69) is 21.5 Å². The molecule has 146 valence electrons. The van der Waals surface area contributed by atoms with Crippen LogP contribution in [0.2, 0.25) is 0 Å². The van der Waals surface area contributed by atoms with Crippen molar-refractivity contribution in [3.05, 3.63) is 58.4 Å². The van der Waals surface area contributed by atoms with Crippen LogP contribution in [-0.2, 0) is 6.54 Å². The van der Waals surface area contributed by atoms with Crippen molar-refractivity contribution >= 4 is 16.8 Å². The number of methoxy groups -OCH3 is 1. The molecule has 1 aliphatic heterocycles. The number of nitrogens with one attached hydrogen (secondary N) is 1. The van der Waals surface area contributed by atoms with E-state index in [1.54, 1.807) is 36.4 Å². The molecule has 28 heavy (non-hydrogen) atoms. The van der Waals surface area contributed by atoms with Crippen LogP contribution in [0, 0.1) is 0 Å². The van der Waals surface area contributed by atoms with Gasteiger partial charge < -0.3 is 19.2 Å². The average Bonchev–Trinajstić information content (AvgIpc) is 3.22. The van der Waals surface area contributed by atoms with E-state index in [9.17, 15) is 9.59 Å². The number of H-pyrrole nitrogens is 1. The topological polar surface area (TPSA) is 80.2 Å². The van der Waals surface area contributed by atoms with Gasteiger partial charge in [-0.1, -0.05) is 0 Å². The summed E-state index contributed by atoms with van der Waals surface area (Å²) in [5.74, 6) is 1.56. The molecule has 1 amide bonds. The SMILES string of the molecule is CCn1ccnc1C1CCCN(C(=O)c2c[nH]c3ccc(OC)cc3c2=O)C1. The molecule has 3 heterocycles. The molecule has 1 atom stereocenters. The van der Waals surface area contributed by atoms with Crippen LogP contribution < -0.4 is 10.2 Å². The smallest absolute Gasteiger partial charge is 0.259 e. The minimum absolute atomic E-state index is 0.167. The van der Waals surface area contributed by atoms with Crippen LogP contribution in [0.25, 0.3) is 10.9 Å². The molecule has 4 rings (SSSR count). The molecule has 7 heteroatoms. The first-order valence-corrected chi connectivity index (χ1v) is 9.62. The van der Waals surface area contributed by atoms with Gasteiger partial charge >= 0.3 is 0 Å². The first kappa shape index (κ1) is 18.3. The fourth-order valence-corrected chi connectivity index (χ4v) is 3.97. The number of imidazole rings is 1.